The highest BCUT2D eigenvalue weighted by Gasteiger charge is 2.35. The fraction of sp³-hybridized carbons (Fsp3) is 0.200. The van der Waals surface area contributed by atoms with Crippen LogP contribution in [0.5, 0.6) is 11.5 Å². The van der Waals surface area contributed by atoms with Gasteiger partial charge in [-0.2, -0.15) is 0 Å². The molecule has 1 aliphatic heterocycles. The maximum atomic E-state index is 13.8. The minimum Gasteiger partial charge on any atom is -0.493 e. The Morgan fingerprint density at radius 2 is 1.77 bits per heavy atom. The molecule has 1 atom stereocenters. The smallest absolute Gasteiger partial charge is 0.259 e. The van der Waals surface area contributed by atoms with Crippen molar-refractivity contribution in [2.24, 2.45) is 0 Å². The largest absolute Gasteiger partial charge is 0.493 e. The van der Waals surface area contributed by atoms with E-state index >= 15 is 0 Å². The molecule has 0 unspecified atom stereocenters. The summed E-state index contributed by atoms with van der Waals surface area (Å²) in [6.07, 6.45) is 0. The van der Waals surface area contributed by atoms with Crippen LogP contribution in [-0.2, 0) is 4.79 Å². The van der Waals surface area contributed by atoms with Gasteiger partial charge in [0, 0.05) is 11.3 Å². The Labute approximate surface area is 181 Å². The van der Waals surface area contributed by atoms with Crippen LogP contribution in [0.25, 0.3) is 0 Å². The van der Waals surface area contributed by atoms with Crippen LogP contribution in [0.3, 0.4) is 0 Å². The molecule has 4 rings (SSSR count). The van der Waals surface area contributed by atoms with E-state index in [1.165, 1.54) is 14.2 Å². The van der Waals surface area contributed by atoms with E-state index in [-0.39, 0.29) is 18.4 Å². The fourth-order valence-corrected chi connectivity index (χ4v) is 4.02. The Bertz CT molecular complexity index is 1130. The second-order valence-electron chi connectivity index (χ2n) is 7.43. The number of amides is 2. The van der Waals surface area contributed by atoms with E-state index in [4.69, 9.17) is 9.47 Å². The standard InChI is InChI=1S/C25H24N2O4/c1-16-12-13-20-19(14-16)23(17-8-5-4-6-9-17)27(15-22(28)26-20)25(29)18-10-7-11-21(30-2)24(18)31-3/h4-14,23H,15H2,1-3H3,(H,26,28)/t23-/m1/s1. The number of fused-ring (bicyclic) bond motifs is 1. The van der Waals surface area contributed by atoms with Crippen molar-refractivity contribution < 1.29 is 19.1 Å². The average molecular weight is 416 g/mol. The minimum atomic E-state index is -0.446. The van der Waals surface area contributed by atoms with E-state index in [2.05, 4.69) is 5.32 Å². The number of methoxy groups -OCH3 is 2. The van der Waals surface area contributed by atoms with Gasteiger partial charge in [-0.1, -0.05) is 54.1 Å². The van der Waals surface area contributed by atoms with Gasteiger partial charge in [0.2, 0.25) is 5.91 Å². The summed E-state index contributed by atoms with van der Waals surface area (Å²) in [4.78, 5) is 28.2. The average Bonchev–Trinajstić information content (AvgIpc) is 2.94. The number of ether oxygens (including phenoxy) is 2. The molecule has 1 N–H and O–H groups in total. The lowest BCUT2D eigenvalue weighted by atomic mass is 9.94. The van der Waals surface area contributed by atoms with Gasteiger partial charge >= 0.3 is 0 Å². The van der Waals surface area contributed by atoms with E-state index in [1.54, 1.807) is 23.1 Å². The summed E-state index contributed by atoms with van der Waals surface area (Å²) in [6.45, 7) is 1.90. The Kier molecular flexibility index (Phi) is 5.62. The highest BCUT2D eigenvalue weighted by atomic mass is 16.5. The number of benzene rings is 3. The number of carbonyl (C=O) groups is 2. The molecule has 0 spiro atoms. The molecule has 0 bridgehead atoms. The van der Waals surface area contributed by atoms with Crippen molar-refractivity contribution in [3.63, 3.8) is 0 Å². The number of anilines is 1. The number of nitrogens with one attached hydrogen (secondary N) is 1. The molecule has 158 valence electrons. The van der Waals surface area contributed by atoms with Crippen LogP contribution in [0.4, 0.5) is 5.69 Å². The van der Waals surface area contributed by atoms with E-state index in [1.807, 2.05) is 55.5 Å². The molecule has 3 aromatic rings. The minimum absolute atomic E-state index is 0.0908. The third-order valence-electron chi connectivity index (χ3n) is 5.41. The van der Waals surface area contributed by atoms with Crippen molar-refractivity contribution in [1.29, 1.82) is 0 Å². The fourth-order valence-electron chi connectivity index (χ4n) is 4.02. The summed E-state index contributed by atoms with van der Waals surface area (Å²) in [7, 11) is 3.02. The zero-order valence-corrected chi connectivity index (χ0v) is 17.7. The lowest BCUT2D eigenvalue weighted by Gasteiger charge is -2.31. The molecule has 31 heavy (non-hydrogen) atoms. The number of nitrogens with zero attached hydrogens (tertiary/aromatic N) is 1. The topological polar surface area (TPSA) is 67.9 Å². The van der Waals surface area contributed by atoms with Crippen molar-refractivity contribution in [2.45, 2.75) is 13.0 Å². The summed E-state index contributed by atoms with van der Waals surface area (Å²) >= 11 is 0. The van der Waals surface area contributed by atoms with Gasteiger partial charge in [-0.3, -0.25) is 9.59 Å². The first-order chi connectivity index (χ1) is 15.0. The van der Waals surface area contributed by atoms with Gasteiger partial charge in [-0.05, 0) is 30.7 Å². The Morgan fingerprint density at radius 1 is 1.00 bits per heavy atom. The lowest BCUT2D eigenvalue weighted by molar-refractivity contribution is -0.117. The highest BCUT2D eigenvalue weighted by Crippen LogP contribution is 2.39. The third-order valence-corrected chi connectivity index (χ3v) is 5.41. The van der Waals surface area contributed by atoms with Crippen LogP contribution in [-0.4, -0.2) is 37.5 Å². The number of para-hydroxylation sites is 1. The van der Waals surface area contributed by atoms with Crippen LogP contribution in [0.15, 0.2) is 66.7 Å². The van der Waals surface area contributed by atoms with Gasteiger partial charge < -0.3 is 19.7 Å². The van der Waals surface area contributed by atoms with Gasteiger partial charge in [0.15, 0.2) is 11.5 Å². The molecule has 6 nitrogen and oxygen atoms in total. The number of hydrogen-bond donors (Lipinski definition) is 1. The predicted octanol–water partition coefficient (Wildman–Crippen LogP) is 4.20. The van der Waals surface area contributed by atoms with Crippen LogP contribution in [0, 0.1) is 6.92 Å². The molecule has 6 heteroatoms. The molecule has 0 aliphatic carbocycles. The normalized spacial score (nSPS) is 15.5. The van der Waals surface area contributed by atoms with Gasteiger partial charge in [0.05, 0.1) is 25.8 Å². The second kappa shape index (κ2) is 8.52. The summed E-state index contributed by atoms with van der Waals surface area (Å²) in [5.41, 5.74) is 3.87. The molecule has 0 radical (unpaired) electrons. The molecule has 0 saturated carbocycles. The van der Waals surface area contributed by atoms with E-state index < -0.39 is 6.04 Å². The Hall–Kier alpha value is -3.80. The summed E-state index contributed by atoms with van der Waals surface area (Å²) in [5.74, 6) is 0.240. The van der Waals surface area contributed by atoms with Crippen LogP contribution in [0.1, 0.15) is 33.1 Å². The maximum Gasteiger partial charge on any atom is 0.259 e. The molecule has 0 saturated heterocycles. The number of rotatable bonds is 4. The zero-order chi connectivity index (χ0) is 22.0. The lowest BCUT2D eigenvalue weighted by Crippen LogP contribution is -2.39. The summed E-state index contributed by atoms with van der Waals surface area (Å²) in [5, 5.41) is 2.95. The van der Waals surface area contributed by atoms with E-state index in [0.717, 1.165) is 16.7 Å². The van der Waals surface area contributed by atoms with Crippen molar-refractivity contribution >= 4 is 17.5 Å². The second-order valence-corrected chi connectivity index (χ2v) is 7.43. The van der Waals surface area contributed by atoms with Gasteiger partial charge in [-0.25, -0.2) is 0 Å². The van der Waals surface area contributed by atoms with Gasteiger partial charge in [-0.15, -0.1) is 0 Å². The first-order valence-electron chi connectivity index (χ1n) is 10.0. The van der Waals surface area contributed by atoms with Gasteiger partial charge in [0.25, 0.3) is 5.91 Å². The Balaban J connectivity index is 1.91. The first kappa shape index (κ1) is 20.5. The summed E-state index contributed by atoms with van der Waals surface area (Å²) in [6, 6.07) is 20.3. The van der Waals surface area contributed by atoms with Crippen molar-refractivity contribution in [2.75, 3.05) is 26.1 Å². The van der Waals surface area contributed by atoms with Crippen LogP contribution in [0.2, 0.25) is 0 Å². The van der Waals surface area contributed by atoms with Crippen LogP contribution >= 0.6 is 0 Å². The van der Waals surface area contributed by atoms with Gasteiger partial charge in [0.1, 0.15) is 6.54 Å². The third kappa shape index (κ3) is 3.84. The quantitative estimate of drug-likeness (QED) is 0.692. The number of aryl methyl sites for hydroxylation is 1. The maximum absolute atomic E-state index is 13.8. The number of hydrogen-bond acceptors (Lipinski definition) is 4. The molecule has 0 fully saturated rings. The molecule has 2 amide bonds. The molecule has 1 aliphatic rings. The Morgan fingerprint density at radius 3 is 2.48 bits per heavy atom. The van der Waals surface area contributed by atoms with Crippen molar-refractivity contribution in [1.82, 2.24) is 4.90 Å². The highest BCUT2D eigenvalue weighted by molar-refractivity contribution is 6.03. The monoisotopic (exact) mass is 416 g/mol. The SMILES string of the molecule is COc1cccc(C(=O)N2CC(=O)Nc3ccc(C)cc3[C@H]2c2ccccc2)c1OC. The van der Waals surface area contributed by atoms with Crippen LogP contribution < -0.4 is 14.8 Å². The van der Waals surface area contributed by atoms with Crippen molar-refractivity contribution in [3.8, 4) is 11.5 Å². The molecule has 0 aromatic heterocycles. The number of carbonyl (C=O) groups excluding carboxylic acids is 2. The predicted molar refractivity (Wildman–Crippen MR) is 119 cm³/mol. The zero-order valence-electron chi connectivity index (χ0n) is 17.7. The first-order valence-corrected chi connectivity index (χ1v) is 10.0. The molecule has 3 aromatic carbocycles. The molecular formula is C25H24N2O4. The van der Waals surface area contributed by atoms with Crippen molar-refractivity contribution in [3.05, 3.63) is 89.0 Å². The van der Waals surface area contributed by atoms with E-state index in [9.17, 15) is 9.59 Å². The molecular weight excluding hydrogens is 392 g/mol. The summed E-state index contributed by atoms with van der Waals surface area (Å²) < 4.78 is 10.9. The van der Waals surface area contributed by atoms with E-state index in [0.29, 0.717) is 22.7 Å². The molecule has 1 heterocycles.